The molecule has 2 aromatic rings. The summed E-state index contributed by atoms with van der Waals surface area (Å²) in [6.45, 7) is 6.28. The Morgan fingerprint density at radius 2 is 1.75 bits per heavy atom. The Hall–Kier alpha value is -1.35. The van der Waals surface area contributed by atoms with Crippen molar-refractivity contribution in [3.05, 3.63) is 41.2 Å². The zero-order valence-corrected chi connectivity index (χ0v) is 10.4. The lowest BCUT2D eigenvalue weighted by molar-refractivity contribution is 0.543. The van der Waals surface area contributed by atoms with Gasteiger partial charge in [-0.25, -0.2) is 4.68 Å². The predicted octanol–water partition coefficient (Wildman–Crippen LogP) is 3.22. The van der Waals surface area contributed by atoms with Gasteiger partial charge in [0.1, 0.15) is 0 Å². The molecule has 0 aliphatic carbocycles. The summed E-state index contributed by atoms with van der Waals surface area (Å²) in [6, 6.07) is 9.88. The first-order valence-corrected chi connectivity index (χ1v) is 5.55. The van der Waals surface area contributed by atoms with E-state index in [0.717, 1.165) is 11.4 Å². The van der Waals surface area contributed by atoms with Crippen molar-refractivity contribution in [1.29, 1.82) is 0 Å². The molecule has 1 aromatic heterocycles. The van der Waals surface area contributed by atoms with E-state index >= 15 is 0 Å². The molecular weight excluding hydrogens is 222 g/mol. The highest BCUT2D eigenvalue weighted by molar-refractivity contribution is 6.30. The number of hydrogen-bond acceptors (Lipinski definition) is 2. The Balaban J connectivity index is 2.60. The van der Waals surface area contributed by atoms with Crippen LogP contribution in [0.25, 0.3) is 5.69 Å². The summed E-state index contributed by atoms with van der Waals surface area (Å²) in [5, 5.41) is 8.49. The SMILES string of the molecule is CC(C)(C)c1c(Cl)nnn1-c1ccccc1. The third kappa shape index (κ3) is 1.95. The van der Waals surface area contributed by atoms with Crippen molar-refractivity contribution in [2.45, 2.75) is 26.2 Å². The van der Waals surface area contributed by atoms with Crippen molar-refractivity contribution in [2.24, 2.45) is 0 Å². The number of aromatic nitrogens is 3. The van der Waals surface area contributed by atoms with Crippen LogP contribution >= 0.6 is 11.6 Å². The lowest BCUT2D eigenvalue weighted by Gasteiger charge is -2.19. The van der Waals surface area contributed by atoms with Crippen LogP contribution in [0.5, 0.6) is 0 Å². The molecule has 4 heteroatoms. The van der Waals surface area contributed by atoms with Gasteiger partial charge in [-0.1, -0.05) is 55.8 Å². The normalized spacial score (nSPS) is 11.8. The maximum atomic E-state index is 6.09. The van der Waals surface area contributed by atoms with E-state index in [9.17, 15) is 0 Å². The van der Waals surface area contributed by atoms with E-state index in [1.54, 1.807) is 4.68 Å². The Kier molecular flexibility index (Phi) is 2.72. The Labute approximate surface area is 100 Å². The average molecular weight is 236 g/mol. The van der Waals surface area contributed by atoms with Crippen LogP contribution in [0.4, 0.5) is 0 Å². The molecule has 0 aliphatic rings. The number of nitrogens with zero attached hydrogens (tertiary/aromatic N) is 3. The molecule has 84 valence electrons. The smallest absolute Gasteiger partial charge is 0.175 e. The molecule has 2 rings (SSSR count). The number of para-hydroxylation sites is 1. The van der Waals surface area contributed by atoms with Gasteiger partial charge in [0.2, 0.25) is 0 Å². The fraction of sp³-hybridized carbons (Fsp3) is 0.333. The van der Waals surface area contributed by atoms with Crippen LogP contribution in [0.15, 0.2) is 30.3 Å². The van der Waals surface area contributed by atoms with Crippen LogP contribution in [-0.4, -0.2) is 15.0 Å². The summed E-state index contributed by atoms with van der Waals surface area (Å²) in [5.41, 5.74) is 1.82. The third-order valence-corrected chi connectivity index (χ3v) is 2.59. The summed E-state index contributed by atoms with van der Waals surface area (Å²) < 4.78 is 1.79. The molecule has 0 N–H and O–H groups in total. The molecule has 3 nitrogen and oxygen atoms in total. The maximum absolute atomic E-state index is 6.09. The highest BCUT2D eigenvalue weighted by atomic mass is 35.5. The van der Waals surface area contributed by atoms with Gasteiger partial charge >= 0.3 is 0 Å². The van der Waals surface area contributed by atoms with Gasteiger partial charge in [-0.05, 0) is 12.1 Å². The number of halogens is 1. The zero-order chi connectivity index (χ0) is 11.8. The molecule has 0 atom stereocenters. The maximum Gasteiger partial charge on any atom is 0.175 e. The quantitative estimate of drug-likeness (QED) is 0.760. The van der Waals surface area contributed by atoms with Crippen molar-refractivity contribution >= 4 is 11.6 Å². The minimum Gasteiger partial charge on any atom is -0.215 e. The van der Waals surface area contributed by atoms with Crippen LogP contribution in [0.1, 0.15) is 26.5 Å². The van der Waals surface area contributed by atoms with Gasteiger partial charge in [-0.15, -0.1) is 5.10 Å². The lowest BCUT2D eigenvalue weighted by Crippen LogP contribution is -2.17. The van der Waals surface area contributed by atoms with E-state index in [0.29, 0.717) is 5.15 Å². The van der Waals surface area contributed by atoms with Crippen molar-refractivity contribution < 1.29 is 0 Å². The lowest BCUT2D eigenvalue weighted by atomic mass is 9.92. The van der Waals surface area contributed by atoms with E-state index < -0.39 is 0 Å². The summed E-state index contributed by atoms with van der Waals surface area (Å²) >= 11 is 6.09. The first-order valence-electron chi connectivity index (χ1n) is 5.17. The van der Waals surface area contributed by atoms with Gasteiger partial charge in [0.05, 0.1) is 11.4 Å². The molecule has 0 radical (unpaired) electrons. The van der Waals surface area contributed by atoms with Gasteiger partial charge in [-0.2, -0.15) is 0 Å². The largest absolute Gasteiger partial charge is 0.215 e. The fourth-order valence-electron chi connectivity index (χ4n) is 1.64. The molecule has 16 heavy (non-hydrogen) atoms. The average Bonchev–Trinajstić information content (AvgIpc) is 2.61. The molecule has 1 heterocycles. The molecule has 0 saturated carbocycles. The van der Waals surface area contributed by atoms with Crippen LogP contribution in [0, 0.1) is 0 Å². The van der Waals surface area contributed by atoms with E-state index in [2.05, 4.69) is 31.1 Å². The second-order valence-electron chi connectivity index (χ2n) is 4.73. The van der Waals surface area contributed by atoms with Crippen molar-refractivity contribution in [1.82, 2.24) is 15.0 Å². The number of hydrogen-bond donors (Lipinski definition) is 0. The van der Waals surface area contributed by atoms with Crippen LogP contribution < -0.4 is 0 Å². The predicted molar refractivity (Wildman–Crippen MR) is 65.1 cm³/mol. The van der Waals surface area contributed by atoms with Crippen LogP contribution in [-0.2, 0) is 5.41 Å². The summed E-state index contributed by atoms with van der Waals surface area (Å²) in [6.07, 6.45) is 0. The summed E-state index contributed by atoms with van der Waals surface area (Å²) in [7, 11) is 0. The molecule has 1 aromatic carbocycles. The van der Waals surface area contributed by atoms with Gasteiger partial charge in [0, 0.05) is 5.41 Å². The Bertz CT molecular complexity index is 483. The van der Waals surface area contributed by atoms with Gasteiger partial charge in [0.25, 0.3) is 0 Å². The van der Waals surface area contributed by atoms with Gasteiger partial charge < -0.3 is 0 Å². The zero-order valence-electron chi connectivity index (χ0n) is 9.61. The molecular formula is C12H14ClN3. The van der Waals surface area contributed by atoms with E-state index in [-0.39, 0.29) is 5.41 Å². The minimum absolute atomic E-state index is 0.0869. The molecule has 0 spiro atoms. The molecule has 0 bridgehead atoms. The van der Waals surface area contributed by atoms with Crippen LogP contribution in [0.2, 0.25) is 5.15 Å². The summed E-state index contributed by atoms with van der Waals surface area (Å²) in [4.78, 5) is 0. The monoisotopic (exact) mass is 235 g/mol. The van der Waals surface area contributed by atoms with E-state index in [4.69, 9.17) is 11.6 Å². The van der Waals surface area contributed by atoms with E-state index in [1.807, 2.05) is 30.3 Å². The summed E-state index contributed by atoms with van der Waals surface area (Å²) in [5.74, 6) is 0. The highest BCUT2D eigenvalue weighted by Crippen LogP contribution is 2.29. The Morgan fingerprint density at radius 3 is 2.31 bits per heavy atom. The van der Waals surface area contributed by atoms with Crippen molar-refractivity contribution in [3.8, 4) is 5.69 Å². The van der Waals surface area contributed by atoms with Gasteiger partial charge in [0.15, 0.2) is 5.15 Å². The van der Waals surface area contributed by atoms with Crippen molar-refractivity contribution in [2.75, 3.05) is 0 Å². The van der Waals surface area contributed by atoms with Gasteiger partial charge in [-0.3, -0.25) is 0 Å². The van der Waals surface area contributed by atoms with E-state index in [1.165, 1.54) is 0 Å². The third-order valence-electron chi connectivity index (χ3n) is 2.34. The molecule has 0 amide bonds. The molecule has 0 saturated heterocycles. The second kappa shape index (κ2) is 3.91. The first kappa shape index (κ1) is 11.1. The first-order chi connectivity index (χ1) is 7.50. The highest BCUT2D eigenvalue weighted by Gasteiger charge is 2.25. The number of benzene rings is 1. The standard InChI is InChI=1S/C12H14ClN3/c1-12(2,3)10-11(13)14-15-16(10)9-7-5-4-6-8-9/h4-8H,1-3H3. The molecule has 0 fully saturated rings. The fourth-order valence-corrected chi connectivity index (χ4v) is 2.04. The van der Waals surface area contributed by atoms with Crippen molar-refractivity contribution in [3.63, 3.8) is 0 Å². The topological polar surface area (TPSA) is 30.7 Å². The van der Waals surface area contributed by atoms with Crippen LogP contribution in [0.3, 0.4) is 0 Å². The Morgan fingerprint density at radius 1 is 1.12 bits per heavy atom. The molecule has 0 aliphatic heterocycles. The second-order valence-corrected chi connectivity index (χ2v) is 5.08. The number of rotatable bonds is 1. The minimum atomic E-state index is -0.0869. The molecule has 0 unspecified atom stereocenters.